The van der Waals surface area contributed by atoms with Crippen molar-refractivity contribution >= 4 is 20.0 Å². The van der Waals surface area contributed by atoms with Crippen LogP contribution in [-0.4, -0.2) is 80.1 Å². The summed E-state index contributed by atoms with van der Waals surface area (Å²) in [6.45, 7) is 0.627. The van der Waals surface area contributed by atoms with E-state index < -0.39 is 20.0 Å². The molecule has 0 amide bonds. The summed E-state index contributed by atoms with van der Waals surface area (Å²) < 4.78 is 75.1. The van der Waals surface area contributed by atoms with Crippen LogP contribution in [0, 0.1) is 0 Å². The summed E-state index contributed by atoms with van der Waals surface area (Å²) in [5.41, 5.74) is 0. The van der Waals surface area contributed by atoms with E-state index in [2.05, 4.69) is 0 Å². The van der Waals surface area contributed by atoms with Gasteiger partial charge in [-0.3, -0.25) is 0 Å². The number of fused-ring (bicyclic) bond motifs is 1. The highest BCUT2D eigenvalue weighted by molar-refractivity contribution is 7.89. The van der Waals surface area contributed by atoms with Crippen LogP contribution in [0.25, 0.3) is 0 Å². The minimum absolute atomic E-state index is 0.00926. The summed E-state index contributed by atoms with van der Waals surface area (Å²) in [5.74, 6) is 1.53. The molecule has 3 rings (SSSR count). The molecule has 0 saturated carbocycles. The molecule has 0 aliphatic carbocycles. The molecule has 0 fully saturated rings. The third-order valence-electron chi connectivity index (χ3n) is 5.01. The molecule has 0 N–H and O–H groups in total. The molecule has 0 aromatic heterocycles. The van der Waals surface area contributed by atoms with Gasteiger partial charge in [0.2, 0.25) is 20.0 Å². The molecule has 1 aliphatic rings. The molecule has 176 valence electrons. The molecule has 0 radical (unpaired) electrons. The van der Waals surface area contributed by atoms with E-state index in [1.807, 2.05) is 0 Å². The monoisotopic (exact) mass is 486 g/mol. The number of sulfonamides is 2. The molecule has 0 saturated heterocycles. The van der Waals surface area contributed by atoms with Crippen molar-refractivity contribution < 1.29 is 35.8 Å². The van der Waals surface area contributed by atoms with Crippen molar-refractivity contribution in [2.75, 3.05) is 54.6 Å². The zero-order chi connectivity index (χ0) is 23.5. The second kappa shape index (κ2) is 9.53. The van der Waals surface area contributed by atoms with Crippen LogP contribution in [0.1, 0.15) is 0 Å². The fourth-order valence-corrected chi connectivity index (χ4v) is 5.40. The van der Waals surface area contributed by atoms with Gasteiger partial charge in [0.25, 0.3) is 0 Å². The van der Waals surface area contributed by atoms with Crippen LogP contribution >= 0.6 is 0 Å². The first-order chi connectivity index (χ1) is 15.1. The van der Waals surface area contributed by atoms with Gasteiger partial charge >= 0.3 is 0 Å². The number of rotatable bonds is 9. The quantitative estimate of drug-likeness (QED) is 0.523. The highest BCUT2D eigenvalue weighted by Gasteiger charge is 2.27. The number of nitrogens with zero attached hydrogens (tertiary/aromatic N) is 2. The first-order valence-corrected chi connectivity index (χ1v) is 12.5. The highest BCUT2D eigenvalue weighted by Crippen LogP contribution is 2.33. The van der Waals surface area contributed by atoms with Crippen molar-refractivity contribution in [3.63, 3.8) is 0 Å². The average Bonchev–Trinajstić information content (AvgIpc) is 2.81. The zero-order valence-electron chi connectivity index (χ0n) is 18.3. The number of benzene rings is 2. The van der Waals surface area contributed by atoms with Gasteiger partial charge in [-0.05, 0) is 24.3 Å². The molecule has 0 atom stereocenters. The Morgan fingerprint density at radius 1 is 0.750 bits per heavy atom. The van der Waals surface area contributed by atoms with Gasteiger partial charge < -0.3 is 18.9 Å². The van der Waals surface area contributed by atoms with E-state index in [1.165, 1.54) is 58.6 Å². The van der Waals surface area contributed by atoms with Gasteiger partial charge in [-0.25, -0.2) is 16.8 Å². The Bertz CT molecular complexity index is 1110. The van der Waals surface area contributed by atoms with Crippen LogP contribution in [0.15, 0.2) is 46.2 Å². The second-order valence-electron chi connectivity index (χ2n) is 6.98. The third-order valence-corrected chi connectivity index (χ3v) is 8.72. The minimum atomic E-state index is -3.87. The Morgan fingerprint density at radius 2 is 1.25 bits per heavy atom. The first kappa shape index (κ1) is 24.1. The summed E-state index contributed by atoms with van der Waals surface area (Å²) in [6.07, 6.45) is 0. The van der Waals surface area contributed by atoms with Crippen LogP contribution in [0.4, 0.5) is 0 Å². The van der Waals surface area contributed by atoms with E-state index in [0.29, 0.717) is 30.5 Å². The molecule has 0 unspecified atom stereocenters. The van der Waals surface area contributed by atoms with Crippen molar-refractivity contribution in [3.8, 4) is 23.0 Å². The van der Waals surface area contributed by atoms with Gasteiger partial charge in [-0.1, -0.05) is 0 Å². The molecule has 0 spiro atoms. The lowest BCUT2D eigenvalue weighted by molar-refractivity contribution is 0.171. The number of ether oxygens (including phenoxy) is 4. The summed E-state index contributed by atoms with van der Waals surface area (Å²) in [7, 11) is -2.09. The molecule has 32 heavy (non-hydrogen) atoms. The van der Waals surface area contributed by atoms with E-state index in [0.717, 1.165) is 8.61 Å². The molecule has 1 heterocycles. The maximum atomic E-state index is 12.9. The van der Waals surface area contributed by atoms with Crippen molar-refractivity contribution in [1.82, 2.24) is 8.61 Å². The topological polar surface area (TPSA) is 112 Å². The Morgan fingerprint density at radius 3 is 1.81 bits per heavy atom. The van der Waals surface area contributed by atoms with Crippen LogP contribution < -0.4 is 18.9 Å². The van der Waals surface area contributed by atoms with E-state index >= 15 is 0 Å². The maximum absolute atomic E-state index is 12.9. The Balaban J connectivity index is 1.72. The van der Waals surface area contributed by atoms with Gasteiger partial charge in [0.15, 0.2) is 23.0 Å². The molecule has 2 aromatic rings. The smallest absolute Gasteiger partial charge is 0.242 e. The second-order valence-corrected chi connectivity index (χ2v) is 11.1. The predicted octanol–water partition coefficient (Wildman–Crippen LogP) is 1.42. The fourth-order valence-electron chi connectivity index (χ4n) is 3.04. The van der Waals surface area contributed by atoms with E-state index in [4.69, 9.17) is 18.9 Å². The number of hydrogen-bond donors (Lipinski definition) is 0. The van der Waals surface area contributed by atoms with Crippen LogP contribution in [-0.2, 0) is 20.0 Å². The molecular weight excluding hydrogens is 460 g/mol. The summed E-state index contributed by atoms with van der Waals surface area (Å²) in [6, 6.07) is 8.65. The van der Waals surface area contributed by atoms with Gasteiger partial charge in [0.05, 0.1) is 24.0 Å². The third kappa shape index (κ3) is 4.77. The molecule has 10 nitrogen and oxygen atoms in total. The fraction of sp³-hybridized carbons (Fsp3) is 0.400. The van der Waals surface area contributed by atoms with Crippen LogP contribution in [0.5, 0.6) is 23.0 Å². The lowest BCUT2D eigenvalue weighted by Gasteiger charge is -2.23. The SMILES string of the molecule is COc1ccc(S(=O)(=O)N(C)CCN(C)S(=O)(=O)c2ccc3c(c2)OCCO3)cc1OC. The van der Waals surface area contributed by atoms with Crippen molar-refractivity contribution in [2.45, 2.75) is 9.79 Å². The summed E-state index contributed by atoms with van der Waals surface area (Å²) in [4.78, 5) is 0.0460. The van der Waals surface area contributed by atoms with Gasteiger partial charge in [0.1, 0.15) is 13.2 Å². The average molecular weight is 487 g/mol. The highest BCUT2D eigenvalue weighted by atomic mass is 32.2. The molecular formula is C20H26N2O8S2. The Hall–Kier alpha value is -2.54. The van der Waals surface area contributed by atoms with Crippen molar-refractivity contribution in [2.24, 2.45) is 0 Å². The number of methoxy groups -OCH3 is 2. The lowest BCUT2D eigenvalue weighted by Crippen LogP contribution is -2.37. The largest absolute Gasteiger partial charge is 0.493 e. The predicted molar refractivity (Wildman–Crippen MR) is 117 cm³/mol. The number of likely N-dealkylation sites (N-methyl/N-ethyl adjacent to an activating group) is 2. The van der Waals surface area contributed by atoms with E-state index in [9.17, 15) is 16.8 Å². The minimum Gasteiger partial charge on any atom is -0.493 e. The molecule has 12 heteroatoms. The standard InChI is InChI=1S/C20H26N2O8S2/c1-21(31(23,24)15-5-7-17(27-3)19(13-15)28-4)9-10-22(2)32(25,26)16-6-8-18-20(14-16)30-12-11-29-18/h5-8,13-14H,9-12H2,1-4H3. The normalized spacial score (nSPS) is 13.9. The molecule has 1 aliphatic heterocycles. The van der Waals surface area contributed by atoms with E-state index in [-0.39, 0.29) is 28.6 Å². The molecule has 0 bridgehead atoms. The van der Waals surface area contributed by atoms with Crippen LogP contribution in [0.3, 0.4) is 0 Å². The number of hydrogen-bond acceptors (Lipinski definition) is 8. The Kier molecular flexibility index (Phi) is 7.18. The molecule has 2 aromatic carbocycles. The van der Waals surface area contributed by atoms with Crippen molar-refractivity contribution in [1.29, 1.82) is 0 Å². The van der Waals surface area contributed by atoms with E-state index in [1.54, 1.807) is 6.07 Å². The van der Waals surface area contributed by atoms with Crippen molar-refractivity contribution in [3.05, 3.63) is 36.4 Å². The lowest BCUT2D eigenvalue weighted by atomic mass is 10.3. The van der Waals surface area contributed by atoms with Crippen LogP contribution in [0.2, 0.25) is 0 Å². The van der Waals surface area contributed by atoms with Gasteiger partial charge in [-0.15, -0.1) is 0 Å². The first-order valence-electron chi connectivity index (χ1n) is 9.65. The maximum Gasteiger partial charge on any atom is 0.242 e. The van der Waals surface area contributed by atoms with Gasteiger partial charge in [-0.2, -0.15) is 8.61 Å². The Labute approximate surface area is 188 Å². The zero-order valence-corrected chi connectivity index (χ0v) is 19.9. The summed E-state index contributed by atoms with van der Waals surface area (Å²) in [5, 5.41) is 0. The summed E-state index contributed by atoms with van der Waals surface area (Å²) >= 11 is 0. The van der Waals surface area contributed by atoms with Gasteiger partial charge in [0, 0.05) is 39.3 Å².